The SMILES string of the molecule is COC(=O)c1cccc(NC(=O)Nc2ccc(-c3nc(-c4ccccc4)nc(N4CCOCC4)n3)cc2)c1. The van der Waals surface area contributed by atoms with Gasteiger partial charge < -0.3 is 25.0 Å². The van der Waals surface area contributed by atoms with Crippen molar-refractivity contribution >= 4 is 29.3 Å². The van der Waals surface area contributed by atoms with E-state index in [0.29, 0.717) is 60.8 Å². The molecule has 4 aromatic rings. The number of morpholine rings is 1. The van der Waals surface area contributed by atoms with Crippen LogP contribution in [0.15, 0.2) is 78.9 Å². The monoisotopic (exact) mass is 510 g/mol. The molecule has 3 aromatic carbocycles. The molecule has 2 N–H and O–H groups in total. The number of urea groups is 1. The zero-order chi connectivity index (χ0) is 26.3. The Labute approximate surface area is 219 Å². The molecule has 1 saturated heterocycles. The van der Waals surface area contributed by atoms with E-state index in [1.807, 2.05) is 42.5 Å². The number of amides is 2. The van der Waals surface area contributed by atoms with E-state index in [1.54, 1.807) is 36.4 Å². The molecule has 0 spiro atoms. The number of nitrogens with zero attached hydrogens (tertiary/aromatic N) is 4. The van der Waals surface area contributed by atoms with Gasteiger partial charge in [-0.15, -0.1) is 0 Å². The van der Waals surface area contributed by atoms with Crippen molar-refractivity contribution < 1.29 is 19.1 Å². The van der Waals surface area contributed by atoms with E-state index >= 15 is 0 Å². The van der Waals surface area contributed by atoms with Crippen molar-refractivity contribution in [3.05, 3.63) is 84.4 Å². The summed E-state index contributed by atoms with van der Waals surface area (Å²) in [5.74, 6) is 1.26. The summed E-state index contributed by atoms with van der Waals surface area (Å²) in [6, 6.07) is 23.1. The number of methoxy groups -OCH3 is 1. The minimum absolute atomic E-state index is 0.346. The van der Waals surface area contributed by atoms with E-state index in [0.717, 1.165) is 11.1 Å². The zero-order valence-electron chi connectivity index (χ0n) is 20.8. The highest BCUT2D eigenvalue weighted by molar-refractivity contribution is 6.00. The van der Waals surface area contributed by atoms with Gasteiger partial charge in [-0.05, 0) is 42.5 Å². The maximum absolute atomic E-state index is 12.5. The van der Waals surface area contributed by atoms with Gasteiger partial charge in [0.25, 0.3) is 0 Å². The minimum atomic E-state index is -0.477. The van der Waals surface area contributed by atoms with Crippen LogP contribution < -0.4 is 15.5 Å². The third kappa shape index (κ3) is 5.93. The van der Waals surface area contributed by atoms with E-state index in [1.165, 1.54) is 7.11 Å². The molecule has 0 bridgehead atoms. The van der Waals surface area contributed by atoms with Gasteiger partial charge >= 0.3 is 12.0 Å². The number of carbonyl (C=O) groups is 2. The predicted octanol–water partition coefficient (Wildman–Crippen LogP) is 4.47. The lowest BCUT2D eigenvalue weighted by atomic mass is 10.1. The maximum atomic E-state index is 12.5. The summed E-state index contributed by atoms with van der Waals surface area (Å²) in [5.41, 5.74) is 3.09. The molecule has 192 valence electrons. The summed E-state index contributed by atoms with van der Waals surface area (Å²) in [5, 5.41) is 5.51. The molecule has 0 radical (unpaired) electrons. The number of aromatic nitrogens is 3. The first-order valence-electron chi connectivity index (χ1n) is 12.1. The second-order valence-electron chi connectivity index (χ2n) is 8.48. The molecule has 0 unspecified atom stereocenters. The van der Waals surface area contributed by atoms with Gasteiger partial charge in [-0.1, -0.05) is 36.4 Å². The van der Waals surface area contributed by atoms with Crippen LogP contribution in [0.4, 0.5) is 22.1 Å². The summed E-state index contributed by atoms with van der Waals surface area (Å²) in [4.78, 5) is 40.5. The smallest absolute Gasteiger partial charge is 0.337 e. The fraction of sp³-hybridized carbons (Fsp3) is 0.179. The van der Waals surface area contributed by atoms with Gasteiger partial charge in [0, 0.05) is 35.6 Å². The first-order valence-corrected chi connectivity index (χ1v) is 12.1. The van der Waals surface area contributed by atoms with Crippen molar-refractivity contribution in [1.82, 2.24) is 15.0 Å². The van der Waals surface area contributed by atoms with Crippen molar-refractivity contribution in [2.45, 2.75) is 0 Å². The van der Waals surface area contributed by atoms with Gasteiger partial charge in [0.2, 0.25) is 5.95 Å². The van der Waals surface area contributed by atoms with E-state index in [4.69, 9.17) is 24.4 Å². The van der Waals surface area contributed by atoms with Crippen LogP contribution in [0, 0.1) is 0 Å². The van der Waals surface area contributed by atoms with E-state index < -0.39 is 12.0 Å². The van der Waals surface area contributed by atoms with Crippen LogP contribution >= 0.6 is 0 Å². The van der Waals surface area contributed by atoms with Gasteiger partial charge in [-0.3, -0.25) is 0 Å². The molecule has 10 nitrogen and oxygen atoms in total. The molecular weight excluding hydrogens is 484 g/mol. The Bertz CT molecular complexity index is 1420. The average Bonchev–Trinajstić information content (AvgIpc) is 2.98. The lowest BCUT2D eigenvalue weighted by Crippen LogP contribution is -2.37. The van der Waals surface area contributed by atoms with Gasteiger partial charge in [-0.2, -0.15) is 9.97 Å². The summed E-state index contributed by atoms with van der Waals surface area (Å²) < 4.78 is 10.2. The maximum Gasteiger partial charge on any atom is 0.337 e. The molecule has 38 heavy (non-hydrogen) atoms. The first kappa shape index (κ1) is 24.8. The lowest BCUT2D eigenvalue weighted by Gasteiger charge is -2.27. The Balaban J connectivity index is 1.34. The summed E-state index contributed by atoms with van der Waals surface area (Å²) in [6.07, 6.45) is 0. The molecule has 5 rings (SSSR count). The van der Waals surface area contributed by atoms with Crippen molar-refractivity contribution in [1.29, 1.82) is 0 Å². The molecule has 2 amide bonds. The van der Waals surface area contributed by atoms with Crippen LogP contribution in [0.2, 0.25) is 0 Å². The molecule has 2 heterocycles. The Morgan fingerprint density at radius 3 is 2.13 bits per heavy atom. The topological polar surface area (TPSA) is 119 Å². The number of esters is 1. The molecule has 1 aliphatic heterocycles. The molecule has 0 saturated carbocycles. The van der Waals surface area contributed by atoms with Crippen LogP contribution in [-0.4, -0.2) is 60.4 Å². The number of anilines is 3. The Kier molecular flexibility index (Phi) is 7.51. The van der Waals surface area contributed by atoms with Gasteiger partial charge in [-0.25, -0.2) is 14.6 Å². The standard InChI is InChI=1S/C28H26N6O4/c1-37-26(35)21-8-5-9-23(18-21)30-28(36)29-22-12-10-20(11-13-22)25-31-24(19-6-3-2-4-7-19)32-27(33-25)34-14-16-38-17-15-34/h2-13,18H,14-17H2,1H3,(H2,29,30,36). The fourth-order valence-corrected chi connectivity index (χ4v) is 3.95. The van der Waals surface area contributed by atoms with Gasteiger partial charge in [0.1, 0.15) is 0 Å². The second kappa shape index (κ2) is 11.5. The fourth-order valence-electron chi connectivity index (χ4n) is 3.95. The van der Waals surface area contributed by atoms with Crippen LogP contribution in [0.25, 0.3) is 22.8 Å². The van der Waals surface area contributed by atoms with Crippen LogP contribution in [0.5, 0.6) is 0 Å². The Morgan fingerprint density at radius 1 is 0.789 bits per heavy atom. The highest BCUT2D eigenvalue weighted by Crippen LogP contribution is 2.25. The quantitative estimate of drug-likeness (QED) is 0.365. The Hall–Kier alpha value is -4.83. The zero-order valence-corrected chi connectivity index (χ0v) is 20.8. The van der Waals surface area contributed by atoms with Crippen LogP contribution in [0.3, 0.4) is 0 Å². The van der Waals surface area contributed by atoms with Crippen molar-refractivity contribution in [3.63, 3.8) is 0 Å². The molecule has 0 atom stereocenters. The first-order chi connectivity index (χ1) is 18.6. The molecular formula is C28H26N6O4. The number of hydrogen-bond acceptors (Lipinski definition) is 8. The van der Waals surface area contributed by atoms with Crippen LogP contribution in [0.1, 0.15) is 10.4 Å². The molecule has 10 heteroatoms. The summed E-state index contributed by atoms with van der Waals surface area (Å²) in [6.45, 7) is 2.66. The van der Waals surface area contributed by atoms with Crippen LogP contribution in [-0.2, 0) is 9.47 Å². The highest BCUT2D eigenvalue weighted by atomic mass is 16.5. The normalized spacial score (nSPS) is 13.0. The Morgan fingerprint density at radius 2 is 1.45 bits per heavy atom. The molecule has 0 aliphatic carbocycles. The van der Waals surface area contributed by atoms with Crippen molar-refractivity contribution in [3.8, 4) is 22.8 Å². The second-order valence-corrected chi connectivity index (χ2v) is 8.48. The van der Waals surface area contributed by atoms with Gasteiger partial charge in [0.05, 0.1) is 25.9 Å². The highest BCUT2D eigenvalue weighted by Gasteiger charge is 2.18. The summed E-state index contributed by atoms with van der Waals surface area (Å²) in [7, 11) is 1.31. The van der Waals surface area contributed by atoms with E-state index in [2.05, 4.69) is 15.5 Å². The number of rotatable bonds is 6. The average molecular weight is 511 g/mol. The number of hydrogen-bond donors (Lipinski definition) is 2. The third-order valence-electron chi connectivity index (χ3n) is 5.89. The minimum Gasteiger partial charge on any atom is -0.465 e. The third-order valence-corrected chi connectivity index (χ3v) is 5.89. The van der Waals surface area contributed by atoms with Gasteiger partial charge in [0.15, 0.2) is 11.6 Å². The summed E-state index contributed by atoms with van der Waals surface area (Å²) >= 11 is 0. The van der Waals surface area contributed by atoms with E-state index in [-0.39, 0.29) is 0 Å². The number of nitrogens with one attached hydrogen (secondary N) is 2. The largest absolute Gasteiger partial charge is 0.465 e. The molecule has 1 aliphatic rings. The number of benzene rings is 3. The van der Waals surface area contributed by atoms with Crippen molar-refractivity contribution in [2.75, 3.05) is 48.9 Å². The van der Waals surface area contributed by atoms with E-state index in [9.17, 15) is 9.59 Å². The molecule has 1 fully saturated rings. The number of ether oxygens (including phenoxy) is 2. The predicted molar refractivity (Wildman–Crippen MR) is 144 cm³/mol. The molecule has 1 aromatic heterocycles. The lowest BCUT2D eigenvalue weighted by molar-refractivity contribution is 0.0600. The number of carbonyl (C=O) groups excluding carboxylic acids is 2. The van der Waals surface area contributed by atoms with Crippen molar-refractivity contribution in [2.24, 2.45) is 0 Å².